The lowest BCUT2D eigenvalue weighted by Crippen LogP contribution is -2.19. The van der Waals surface area contributed by atoms with Crippen molar-refractivity contribution in [3.63, 3.8) is 0 Å². The SMILES string of the molecule is CCCNCc1cnc(OC(C)COC)c(Cl)c1. The summed E-state index contributed by atoms with van der Waals surface area (Å²) in [6.45, 7) is 6.32. The Morgan fingerprint density at radius 2 is 2.28 bits per heavy atom. The number of pyridine rings is 1. The molecule has 102 valence electrons. The van der Waals surface area contributed by atoms with E-state index in [2.05, 4.69) is 17.2 Å². The van der Waals surface area contributed by atoms with E-state index in [0.29, 0.717) is 17.5 Å². The summed E-state index contributed by atoms with van der Waals surface area (Å²) in [5.41, 5.74) is 1.06. The van der Waals surface area contributed by atoms with Gasteiger partial charge in [-0.15, -0.1) is 0 Å². The van der Waals surface area contributed by atoms with Gasteiger partial charge in [-0.2, -0.15) is 0 Å². The normalized spacial score (nSPS) is 12.4. The summed E-state index contributed by atoms with van der Waals surface area (Å²) in [5, 5.41) is 3.84. The zero-order valence-corrected chi connectivity index (χ0v) is 12.0. The number of ether oxygens (including phenoxy) is 2. The quantitative estimate of drug-likeness (QED) is 0.739. The molecule has 0 aliphatic rings. The fourth-order valence-electron chi connectivity index (χ4n) is 1.52. The highest BCUT2D eigenvalue weighted by atomic mass is 35.5. The van der Waals surface area contributed by atoms with Crippen LogP contribution in [0.4, 0.5) is 0 Å². The lowest BCUT2D eigenvalue weighted by atomic mass is 10.3. The first kappa shape index (κ1) is 15.2. The molecule has 1 heterocycles. The van der Waals surface area contributed by atoms with Crippen LogP contribution < -0.4 is 10.1 Å². The van der Waals surface area contributed by atoms with Gasteiger partial charge in [0.05, 0.1) is 6.61 Å². The minimum atomic E-state index is -0.0657. The van der Waals surface area contributed by atoms with E-state index in [1.165, 1.54) is 0 Å². The van der Waals surface area contributed by atoms with Crippen LogP contribution in [0.1, 0.15) is 25.8 Å². The summed E-state index contributed by atoms with van der Waals surface area (Å²) in [5.74, 6) is 0.459. The highest BCUT2D eigenvalue weighted by Crippen LogP contribution is 2.23. The molecular weight excluding hydrogens is 252 g/mol. The molecule has 5 heteroatoms. The standard InChI is InChI=1S/C13H21ClN2O2/c1-4-5-15-7-11-6-12(14)13(16-8-11)18-10(2)9-17-3/h6,8,10,15H,4-5,7,9H2,1-3H3. The summed E-state index contributed by atoms with van der Waals surface area (Å²) < 4.78 is 10.6. The third-order valence-electron chi connectivity index (χ3n) is 2.33. The van der Waals surface area contributed by atoms with Gasteiger partial charge in [0.25, 0.3) is 0 Å². The van der Waals surface area contributed by atoms with Crippen LogP contribution in [0.2, 0.25) is 5.02 Å². The van der Waals surface area contributed by atoms with Crippen LogP contribution in [-0.4, -0.2) is 31.3 Å². The summed E-state index contributed by atoms with van der Waals surface area (Å²) in [4.78, 5) is 4.23. The zero-order chi connectivity index (χ0) is 13.4. The van der Waals surface area contributed by atoms with Crippen LogP contribution >= 0.6 is 11.6 Å². The second-order valence-electron chi connectivity index (χ2n) is 4.19. The van der Waals surface area contributed by atoms with Gasteiger partial charge in [-0.1, -0.05) is 18.5 Å². The molecule has 0 spiro atoms. The van der Waals surface area contributed by atoms with Gasteiger partial charge < -0.3 is 14.8 Å². The Kier molecular flexibility index (Phi) is 7.01. The smallest absolute Gasteiger partial charge is 0.232 e. The number of halogens is 1. The van der Waals surface area contributed by atoms with Gasteiger partial charge in [-0.3, -0.25) is 0 Å². The molecule has 0 saturated carbocycles. The predicted molar refractivity (Wildman–Crippen MR) is 73.2 cm³/mol. The second kappa shape index (κ2) is 8.29. The molecule has 0 bridgehead atoms. The van der Waals surface area contributed by atoms with Crippen molar-refractivity contribution < 1.29 is 9.47 Å². The molecule has 1 aromatic heterocycles. The van der Waals surface area contributed by atoms with Gasteiger partial charge in [-0.25, -0.2) is 4.98 Å². The molecule has 1 N–H and O–H groups in total. The average molecular weight is 273 g/mol. The van der Waals surface area contributed by atoms with Crippen molar-refractivity contribution >= 4 is 11.6 Å². The Balaban J connectivity index is 2.56. The first-order valence-electron chi connectivity index (χ1n) is 6.18. The molecule has 0 aliphatic heterocycles. The second-order valence-corrected chi connectivity index (χ2v) is 4.60. The predicted octanol–water partition coefficient (Wildman–Crippen LogP) is 2.65. The largest absolute Gasteiger partial charge is 0.471 e. The van der Waals surface area contributed by atoms with Crippen LogP contribution in [0, 0.1) is 0 Å². The van der Waals surface area contributed by atoms with Gasteiger partial charge in [0.15, 0.2) is 0 Å². The first-order valence-corrected chi connectivity index (χ1v) is 6.55. The summed E-state index contributed by atoms with van der Waals surface area (Å²) in [6, 6.07) is 1.88. The number of hydrogen-bond acceptors (Lipinski definition) is 4. The number of hydrogen-bond donors (Lipinski definition) is 1. The van der Waals surface area contributed by atoms with Gasteiger partial charge >= 0.3 is 0 Å². The van der Waals surface area contributed by atoms with Crippen LogP contribution in [0.3, 0.4) is 0 Å². The maximum absolute atomic E-state index is 6.13. The Bertz CT molecular complexity index is 361. The van der Waals surface area contributed by atoms with E-state index in [1.54, 1.807) is 13.3 Å². The monoisotopic (exact) mass is 272 g/mol. The minimum absolute atomic E-state index is 0.0657. The molecule has 0 aliphatic carbocycles. The highest BCUT2D eigenvalue weighted by Gasteiger charge is 2.09. The molecule has 4 nitrogen and oxygen atoms in total. The van der Waals surface area contributed by atoms with Crippen molar-refractivity contribution in [2.75, 3.05) is 20.3 Å². The topological polar surface area (TPSA) is 43.4 Å². The Hall–Kier alpha value is -0.840. The van der Waals surface area contributed by atoms with E-state index < -0.39 is 0 Å². The molecule has 1 unspecified atom stereocenters. The molecule has 1 atom stereocenters. The maximum atomic E-state index is 6.13. The third-order valence-corrected chi connectivity index (χ3v) is 2.60. The molecule has 1 aromatic rings. The molecule has 0 fully saturated rings. The molecule has 0 amide bonds. The van der Waals surface area contributed by atoms with E-state index in [0.717, 1.165) is 25.1 Å². The number of methoxy groups -OCH3 is 1. The van der Waals surface area contributed by atoms with Crippen molar-refractivity contribution in [3.05, 3.63) is 22.8 Å². The van der Waals surface area contributed by atoms with Gasteiger partial charge in [0.1, 0.15) is 11.1 Å². The van der Waals surface area contributed by atoms with E-state index >= 15 is 0 Å². The van der Waals surface area contributed by atoms with Crippen molar-refractivity contribution in [1.82, 2.24) is 10.3 Å². The lowest BCUT2D eigenvalue weighted by Gasteiger charge is -2.14. The van der Waals surface area contributed by atoms with E-state index in [4.69, 9.17) is 21.1 Å². The van der Waals surface area contributed by atoms with Crippen molar-refractivity contribution in [1.29, 1.82) is 0 Å². The maximum Gasteiger partial charge on any atom is 0.232 e. The van der Waals surface area contributed by atoms with Crippen LogP contribution in [-0.2, 0) is 11.3 Å². The molecular formula is C13H21ClN2O2. The summed E-state index contributed by atoms with van der Waals surface area (Å²) >= 11 is 6.13. The van der Waals surface area contributed by atoms with E-state index in [9.17, 15) is 0 Å². The van der Waals surface area contributed by atoms with Crippen molar-refractivity contribution in [3.8, 4) is 5.88 Å². The summed E-state index contributed by atoms with van der Waals surface area (Å²) in [6.07, 6.45) is 2.82. The number of rotatable bonds is 8. The van der Waals surface area contributed by atoms with Gasteiger partial charge in [-0.05, 0) is 31.5 Å². The van der Waals surface area contributed by atoms with Crippen molar-refractivity contribution in [2.24, 2.45) is 0 Å². The fourth-order valence-corrected chi connectivity index (χ4v) is 1.75. The minimum Gasteiger partial charge on any atom is -0.471 e. The van der Waals surface area contributed by atoms with Crippen LogP contribution in [0.25, 0.3) is 0 Å². The average Bonchev–Trinajstić information content (AvgIpc) is 2.33. The number of aromatic nitrogens is 1. The third kappa shape index (κ3) is 5.21. The number of nitrogens with one attached hydrogen (secondary N) is 1. The van der Waals surface area contributed by atoms with Crippen LogP contribution in [0.5, 0.6) is 5.88 Å². The molecule has 0 radical (unpaired) electrons. The van der Waals surface area contributed by atoms with Gasteiger partial charge in [0.2, 0.25) is 5.88 Å². The molecule has 1 rings (SSSR count). The Morgan fingerprint density at radius 1 is 1.50 bits per heavy atom. The number of nitrogens with zero attached hydrogens (tertiary/aromatic N) is 1. The van der Waals surface area contributed by atoms with E-state index in [1.807, 2.05) is 13.0 Å². The van der Waals surface area contributed by atoms with E-state index in [-0.39, 0.29) is 6.10 Å². The van der Waals surface area contributed by atoms with Crippen molar-refractivity contribution in [2.45, 2.75) is 32.9 Å². The fraction of sp³-hybridized carbons (Fsp3) is 0.615. The zero-order valence-electron chi connectivity index (χ0n) is 11.2. The molecule has 0 aromatic carbocycles. The lowest BCUT2D eigenvalue weighted by molar-refractivity contribution is 0.0890. The highest BCUT2D eigenvalue weighted by molar-refractivity contribution is 6.31. The molecule has 0 saturated heterocycles. The Labute approximate surface area is 114 Å². The van der Waals surface area contributed by atoms with Gasteiger partial charge in [0, 0.05) is 19.9 Å². The first-order chi connectivity index (χ1) is 8.67. The Morgan fingerprint density at radius 3 is 2.89 bits per heavy atom. The summed E-state index contributed by atoms with van der Waals surface area (Å²) in [7, 11) is 1.64. The molecule has 18 heavy (non-hydrogen) atoms. The van der Waals surface area contributed by atoms with Crippen LogP contribution in [0.15, 0.2) is 12.3 Å².